The third-order valence-electron chi connectivity index (χ3n) is 4.27. The number of likely N-dealkylation sites (tertiary alicyclic amines) is 1. The Hall–Kier alpha value is -0.120. The molecule has 0 aromatic heterocycles. The van der Waals surface area contributed by atoms with Gasteiger partial charge in [0.1, 0.15) is 0 Å². The molecule has 3 heteroatoms. The summed E-state index contributed by atoms with van der Waals surface area (Å²) < 4.78 is 5.31. The lowest BCUT2D eigenvalue weighted by Crippen LogP contribution is -2.59. The van der Waals surface area contributed by atoms with E-state index < -0.39 is 0 Å². The maximum atomic E-state index is 5.31. The highest BCUT2D eigenvalue weighted by Gasteiger charge is 2.45. The monoisotopic (exact) mass is 226 g/mol. The summed E-state index contributed by atoms with van der Waals surface area (Å²) in [5, 5.41) is 3.61. The standard InChI is InChI=1S/C13H26N2O/c1-11-7-13(10-14-8-11)5-4-6-15(13)12(2)9-16-3/h11-12,14H,4-10H2,1-3H3. The molecule has 3 unspecified atom stereocenters. The Morgan fingerprint density at radius 2 is 2.38 bits per heavy atom. The molecule has 2 aliphatic heterocycles. The van der Waals surface area contributed by atoms with Gasteiger partial charge < -0.3 is 10.1 Å². The van der Waals surface area contributed by atoms with Crippen LogP contribution in [0.3, 0.4) is 0 Å². The summed E-state index contributed by atoms with van der Waals surface area (Å²) in [5.74, 6) is 0.809. The average molecular weight is 226 g/mol. The molecule has 2 aliphatic rings. The van der Waals surface area contributed by atoms with Crippen molar-refractivity contribution in [1.29, 1.82) is 0 Å². The minimum Gasteiger partial charge on any atom is -0.383 e. The molecule has 1 N–H and O–H groups in total. The van der Waals surface area contributed by atoms with Crippen molar-refractivity contribution in [3.63, 3.8) is 0 Å². The lowest BCUT2D eigenvalue weighted by Gasteiger charge is -2.46. The molecular weight excluding hydrogens is 200 g/mol. The number of piperidine rings is 1. The van der Waals surface area contributed by atoms with Gasteiger partial charge in [-0.3, -0.25) is 4.90 Å². The maximum absolute atomic E-state index is 5.31. The number of nitrogens with zero attached hydrogens (tertiary/aromatic N) is 1. The second-order valence-electron chi connectivity index (χ2n) is 5.77. The average Bonchev–Trinajstić information content (AvgIpc) is 2.61. The van der Waals surface area contributed by atoms with Crippen LogP contribution in [0.2, 0.25) is 0 Å². The van der Waals surface area contributed by atoms with Crippen molar-refractivity contribution in [3.05, 3.63) is 0 Å². The van der Waals surface area contributed by atoms with Gasteiger partial charge in [0.2, 0.25) is 0 Å². The molecule has 0 aromatic rings. The Kier molecular flexibility index (Phi) is 3.88. The minimum absolute atomic E-state index is 0.426. The molecule has 0 radical (unpaired) electrons. The molecule has 2 heterocycles. The Morgan fingerprint density at radius 1 is 1.56 bits per heavy atom. The third-order valence-corrected chi connectivity index (χ3v) is 4.27. The van der Waals surface area contributed by atoms with E-state index in [1.807, 2.05) is 0 Å². The first-order valence-electron chi connectivity index (χ1n) is 6.64. The summed E-state index contributed by atoms with van der Waals surface area (Å²) >= 11 is 0. The fourth-order valence-corrected chi connectivity index (χ4v) is 3.73. The van der Waals surface area contributed by atoms with Crippen molar-refractivity contribution in [2.45, 2.75) is 44.7 Å². The van der Waals surface area contributed by atoms with Crippen molar-refractivity contribution >= 4 is 0 Å². The SMILES string of the molecule is COCC(C)N1CCCC12CNCC(C)C2. The zero-order valence-electron chi connectivity index (χ0n) is 11.0. The number of nitrogens with one attached hydrogen (secondary N) is 1. The smallest absolute Gasteiger partial charge is 0.0615 e. The van der Waals surface area contributed by atoms with Crippen LogP contribution in [-0.2, 0) is 4.74 Å². The van der Waals surface area contributed by atoms with E-state index in [1.165, 1.54) is 38.9 Å². The van der Waals surface area contributed by atoms with Gasteiger partial charge in [0.15, 0.2) is 0 Å². The summed E-state index contributed by atoms with van der Waals surface area (Å²) in [7, 11) is 1.81. The van der Waals surface area contributed by atoms with E-state index in [4.69, 9.17) is 4.74 Å². The lowest BCUT2D eigenvalue weighted by atomic mass is 9.82. The van der Waals surface area contributed by atoms with Gasteiger partial charge in [0, 0.05) is 25.2 Å². The van der Waals surface area contributed by atoms with Gasteiger partial charge >= 0.3 is 0 Å². The molecule has 2 saturated heterocycles. The lowest BCUT2D eigenvalue weighted by molar-refractivity contribution is 0.0187. The van der Waals surface area contributed by atoms with Gasteiger partial charge in [-0.2, -0.15) is 0 Å². The summed E-state index contributed by atoms with van der Waals surface area (Å²) in [6, 6.07) is 0.555. The predicted octanol–water partition coefficient (Wildman–Crippen LogP) is 1.49. The van der Waals surface area contributed by atoms with Gasteiger partial charge in [-0.15, -0.1) is 0 Å². The molecule has 0 amide bonds. The Labute approximate surface area is 99.5 Å². The molecule has 0 aromatic carbocycles. The Bertz CT molecular complexity index is 234. The minimum atomic E-state index is 0.426. The molecule has 0 bridgehead atoms. The van der Waals surface area contributed by atoms with Crippen LogP contribution >= 0.6 is 0 Å². The zero-order chi connectivity index (χ0) is 11.6. The van der Waals surface area contributed by atoms with Crippen molar-refractivity contribution in [1.82, 2.24) is 10.2 Å². The molecule has 1 spiro atoms. The highest BCUT2D eigenvalue weighted by atomic mass is 16.5. The quantitative estimate of drug-likeness (QED) is 0.789. The second kappa shape index (κ2) is 5.03. The highest BCUT2D eigenvalue weighted by molar-refractivity contribution is 5.02. The van der Waals surface area contributed by atoms with E-state index in [9.17, 15) is 0 Å². The molecule has 2 rings (SSSR count). The molecule has 3 atom stereocenters. The molecule has 2 fully saturated rings. The fraction of sp³-hybridized carbons (Fsp3) is 1.00. The predicted molar refractivity (Wildman–Crippen MR) is 66.7 cm³/mol. The maximum Gasteiger partial charge on any atom is 0.0615 e. The van der Waals surface area contributed by atoms with E-state index in [0.717, 1.165) is 12.5 Å². The molecular formula is C13H26N2O. The van der Waals surface area contributed by atoms with Gasteiger partial charge in [-0.25, -0.2) is 0 Å². The van der Waals surface area contributed by atoms with Gasteiger partial charge in [0.25, 0.3) is 0 Å². The Morgan fingerprint density at radius 3 is 3.06 bits per heavy atom. The van der Waals surface area contributed by atoms with E-state index in [-0.39, 0.29) is 0 Å². The molecule has 16 heavy (non-hydrogen) atoms. The van der Waals surface area contributed by atoms with E-state index >= 15 is 0 Å². The van der Waals surface area contributed by atoms with E-state index in [1.54, 1.807) is 7.11 Å². The summed E-state index contributed by atoms with van der Waals surface area (Å²) in [6.07, 6.45) is 4.06. The van der Waals surface area contributed by atoms with Crippen molar-refractivity contribution in [3.8, 4) is 0 Å². The number of methoxy groups -OCH3 is 1. The van der Waals surface area contributed by atoms with Crippen LogP contribution in [0.15, 0.2) is 0 Å². The topological polar surface area (TPSA) is 24.5 Å². The summed E-state index contributed by atoms with van der Waals surface area (Å²) in [6.45, 7) is 9.13. The van der Waals surface area contributed by atoms with Crippen LogP contribution in [-0.4, -0.2) is 49.8 Å². The normalized spacial score (nSPS) is 38.1. The largest absolute Gasteiger partial charge is 0.383 e. The second-order valence-corrected chi connectivity index (χ2v) is 5.77. The van der Waals surface area contributed by atoms with Crippen LogP contribution in [0.4, 0.5) is 0 Å². The van der Waals surface area contributed by atoms with Crippen LogP contribution in [0.1, 0.15) is 33.1 Å². The first-order valence-corrected chi connectivity index (χ1v) is 6.64. The van der Waals surface area contributed by atoms with Crippen molar-refractivity contribution in [2.75, 3.05) is 33.4 Å². The molecule has 0 saturated carbocycles. The fourth-order valence-electron chi connectivity index (χ4n) is 3.73. The first-order chi connectivity index (χ1) is 7.68. The molecule has 3 nitrogen and oxygen atoms in total. The van der Waals surface area contributed by atoms with Gasteiger partial charge in [-0.05, 0) is 45.2 Å². The zero-order valence-corrected chi connectivity index (χ0v) is 11.0. The Balaban J connectivity index is 2.06. The molecule has 94 valence electrons. The number of hydrogen-bond acceptors (Lipinski definition) is 3. The highest BCUT2D eigenvalue weighted by Crippen LogP contribution is 2.37. The van der Waals surface area contributed by atoms with E-state index in [0.29, 0.717) is 11.6 Å². The number of ether oxygens (including phenoxy) is 1. The number of rotatable bonds is 3. The first kappa shape index (κ1) is 12.3. The van der Waals surface area contributed by atoms with Crippen LogP contribution < -0.4 is 5.32 Å². The van der Waals surface area contributed by atoms with Gasteiger partial charge in [0.05, 0.1) is 6.61 Å². The van der Waals surface area contributed by atoms with E-state index in [2.05, 4.69) is 24.1 Å². The number of hydrogen-bond donors (Lipinski definition) is 1. The summed E-state index contributed by atoms with van der Waals surface area (Å²) in [4.78, 5) is 2.69. The van der Waals surface area contributed by atoms with Crippen LogP contribution in [0, 0.1) is 5.92 Å². The third kappa shape index (κ3) is 2.27. The van der Waals surface area contributed by atoms with Crippen molar-refractivity contribution < 1.29 is 4.74 Å². The van der Waals surface area contributed by atoms with Crippen LogP contribution in [0.5, 0.6) is 0 Å². The summed E-state index contributed by atoms with van der Waals surface area (Å²) in [5.41, 5.74) is 0.426. The van der Waals surface area contributed by atoms with Gasteiger partial charge in [-0.1, -0.05) is 6.92 Å². The van der Waals surface area contributed by atoms with Crippen molar-refractivity contribution in [2.24, 2.45) is 5.92 Å². The molecule has 0 aliphatic carbocycles. The van der Waals surface area contributed by atoms with Crippen LogP contribution in [0.25, 0.3) is 0 Å².